The second kappa shape index (κ2) is 7.43. The number of piperazine rings is 1. The second-order valence-corrected chi connectivity index (χ2v) is 5.14. The molecule has 1 aromatic carbocycles. The van der Waals surface area contributed by atoms with Gasteiger partial charge in [0, 0.05) is 31.7 Å². The van der Waals surface area contributed by atoms with Gasteiger partial charge in [0.15, 0.2) is 17.3 Å². The molecule has 5 heteroatoms. The molecular formula is C16H24N2O3. The van der Waals surface area contributed by atoms with Crippen molar-refractivity contribution in [3.05, 3.63) is 23.8 Å². The monoisotopic (exact) mass is 292 g/mol. The van der Waals surface area contributed by atoms with Crippen LogP contribution in [0.3, 0.4) is 0 Å². The summed E-state index contributed by atoms with van der Waals surface area (Å²) in [5.41, 5.74) is 0.679. The minimum Gasteiger partial charge on any atom is -0.493 e. The minimum absolute atomic E-state index is 0.0646. The van der Waals surface area contributed by atoms with Gasteiger partial charge < -0.3 is 14.8 Å². The first-order chi connectivity index (χ1) is 10.2. The first-order valence-electron chi connectivity index (χ1n) is 7.42. The summed E-state index contributed by atoms with van der Waals surface area (Å²) in [6.45, 7) is 5.77. The third-order valence-corrected chi connectivity index (χ3v) is 3.95. The Kier molecular flexibility index (Phi) is 5.59. The van der Waals surface area contributed by atoms with Gasteiger partial charge in [-0.05, 0) is 24.6 Å². The number of ether oxygens (including phenoxy) is 2. The van der Waals surface area contributed by atoms with E-state index in [2.05, 4.69) is 17.1 Å². The van der Waals surface area contributed by atoms with E-state index in [9.17, 15) is 4.79 Å². The van der Waals surface area contributed by atoms with Gasteiger partial charge in [-0.25, -0.2) is 0 Å². The summed E-state index contributed by atoms with van der Waals surface area (Å²) in [6, 6.07) is 5.31. The van der Waals surface area contributed by atoms with Crippen molar-refractivity contribution in [3.63, 3.8) is 0 Å². The molecule has 0 saturated carbocycles. The van der Waals surface area contributed by atoms with Crippen molar-refractivity contribution < 1.29 is 14.3 Å². The first-order valence-corrected chi connectivity index (χ1v) is 7.42. The van der Waals surface area contributed by atoms with Crippen LogP contribution in [0.1, 0.15) is 23.7 Å². The van der Waals surface area contributed by atoms with Crippen molar-refractivity contribution in [1.82, 2.24) is 10.2 Å². The Morgan fingerprint density at radius 2 is 1.90 bits per heavy atom. The van der Waals surface area contributed by atoms with Gasteiger partial charge in [0.2, 0.25) is 0 Å². The fourth-order valence-corrected chi connectivity index (χ4v) is 2.79. The number of nitrogens with zero attached hydrogens (tertiary/aromatic N) is 1. The van der Waals surface area contributed by atoms with E-state index in [1.165, 1.54) is 0 Å². The quantitative estimate of drug-likeness (QED) is 0.807. The van der Waals surface area contributed by atoms with E-state index in [1.807, 2.05) is 6.07 Å². The number of methoxy groups -OCH3 is 2. The van der Waals surface area contributed by atoms with E-state index in [4.69, 9.17) is 9.47 Å². The Morgan fingerprint density at radius 3 is 2.48 bits per heavy atom. The molecule has 1 aromatic rings. The maximum Gasteiger partial charge on any atom is 0.180 e. The molecule has 1 fully saturated rings. The summed E-state index contributed by atoms with van der Waals surface area (Å²) < 4.78 is 10.5. The maximum atomic E-state index is 12.8. The summed E-state index contributed by atoms with van der Waals surface area (Å²) >= 11 is 0. The molecule has 0 aromatic heterocycles. The molecule has 21 heavy (non-hydrogen) atoms. The molecule has 1 heterocycles. The number of benzene rings is 1. The van der Waals surface area contributed by atoms with E-state index in [0.717, 1.165) is 32.6 Å². The van der Waals surface area contributed by atoms with Crippen molar-refractivity contribution in [3.8, 4) is 11.5 Å². The van der Waals surface area contributed by atoms with E-state index < -0.39 is 0 Å². The standard InChI is InChI=1S/C16H24N2O3/c1-4-13(18-9-7-17-8-10-18)16(19)12-5-6-14(20-2)15(11-12)21-3/h5-6,11,13,17H,4,7-10H2,1-3H3. The van der Waals surface area contributed by atoms with Crippen LogP contribution in [0.2, 0.25) is 0 Å². The van der Waals surface area contributed by atoms with Gasteiger partial charge in [0.25, 0.3) is 0 Å². The first kappa shape index (κ1) is 15.8. The van der Waals surface area contributed by atoms with Crippen LogP contribution in [0, 0.1) is 0 Å². The van der Waals surface area contributed by atoms with Gasteiger partial charge in [0.1, 0.15) is 0 Å². The number of ketones is 1. The normalized spacial score (nSPS) is 17.3. The van der Waals surface area contributed by atoms with E-state index >= 15 is 0 Å². The Hall–Kier alpha value is -1.59. The maximum absolute atomic E-state index is 12.8. The third kappa shape index (κ3) is 3.54. The topological polar surface area (TPSA) is 50.8 Å². The van der Waals surface area contributed by atoms with Crippen LogP contribution in [0.4, 0.5) is 0 Å². The Bertz CT molecular complexity index is 484. The predicted molar refractivity (Wildman–Crippen MR) is 82.4 cm³/mol. The number of carbonyl (C=O) groups is 1. The van der Waals surface area contributed by atoms with Crippen LogP contribution < -0.4 is 14.8 Å². The molecule has 5 nitrogen and oxygen atoms in total. The zero-order chi connectivity index (χ0) is 15.2. The molecule has 1 saturated heterocycles. The highest BCUT2D eigenvalue weighted by atomic mass is 16.5. The van der Waals surface area contributed by atoms with Crippen molar-refractivity contribution >= 4 is 5.78 Å². The fourth-order valence-electron chi connectivity index (χ4n) is 2.79. The largest absolute Gasteiger partial charge is 0.493 e. The lowest BCUT2D eigenvalue weighted by molar-refractivity contribution is 0.0789. The minimum atomic E-state index is -0.0646. The van der Waals surface area contributed by atoms with Crippen molar-refractivity contribution in [1.29, 1.82) is 0 Å². The van der Waals surface area contributed by atoms with Gasteiger partial charge in [-0.15, -0.1) is 0 Å². The van der Waals surface area contributed by atoms with Gasteiger partial charge in [-0.2, -0.15) is 0 Å². The zero-order valence-corrected chi connectivity index (χ0v) is 13.0. The van der Waals surface area contributed by atoms with Crippen LogP contribution in [0.15, 0.2) is 18.2 Å². The van der Waals surface area contributed by atoms with Crippen LogP contribution in [-0.2, 0) is 0 Å². The molecule has 2 rings (SSSR count). The van der Waals surface area contributed by atoms with Gasteiger partial charge in [0.05, 0.1) is 20.3 Å². The molecule has 116 valence electrons. The smallest absolute Gasteiger partial charge is 0.180 e. The highest BCUT2D eigenvalue weighted by Crippen LogP contribution is 2.28. The molecule has 0 amide bonds. The second-order valence-electron chi connectivity index (χ2n) is 5.14. The average Bonchev–Trinajstić information content (AvgIpc) is 2.55. The fraction of sp³-hybridized carbons (Fsp3) is 0.562. The third-order valence-electron chi connectivity index (χ3n) is 3.95. The predicted octanol–water partition coefficient (Wildman–Crippen LogP) is 1.57. The van der Waals surface area contributed by atoms with Crippen LogP contribution >= 0.6 is 0 Å². The number of rotatable bonds is 6. The molecule has 1 N–H and O–H groups in total. The van der Waals surface area contributed by atoms with Crippen LogP contribution in [0.5, 0.6) is 11.5 Å². The summed E-state index contributed by atoms with van der Waals surface area (Å²) in [6.07, 6.45) is 0.813. The lowest BCUT2D eigenvalue weighted by Gasteiger charge is -2.33. The summed E-state index contributed by atoms with van der Waals surface area (Å²) in [7, 11) is 3.18. The van der Waals surface area contributed by atoms with Crippen LogP contribution in [-0.4, -0.2) is 57.1 Å². The number of hydrogen-bond acceptors (Lipinski definition) is 5. The lowest BCUT2D eigenvalue weighted by atomic mass is 9.99. The summed E-state index contributed by atoms with van der Waals surface area (Å²) in [5.74, 6) is 1.39. The molecule has 0 bridgehead atoms. The Balaban J connectivity index is 2.20. The molecule has 1 unspecified atom stereocenters. The molecule has 1 atom stereocenters. The van der Waals surface area contributed by atoms with Gasteiger partial charge in [-0.1, -0.05) is 6.92 Å². The summed E-state index contributed by atoms with van der Waals surface area (Å²) in [5, 5.41) is 3.32. The number of Topliss-reactive ketones (excluding diaryl/α,β-unsaturated/α-hetero) is 1. The lowest BCUT2D eigenvalue weighted by Crippen LogP contribution is -2.51. The average molecular weight is 292 g/mol. The molecular weight excluding hydrogens is 268 g/mol. The van der Waals surface area contributed by atoms with Gasteiger partial charge >= 0.3 is 0 Å². The SMILES string of the molecule is CCC(C(=O)c1ccc(OC)c(OC)c1)N1CCNCC1. The van der Waals surface area contributed by atoms with Crippen molar-refractivity contribution in [2.75, 3.05) is 40.4 Å². The van der Waals surface area contributed by atoms with E-state index in [-0.39, 0.29) is 11.8 Å². The molecule has 1 aliphatic heterocycles. The number of nitrogens with one attached hydrogen (secondary N) is 1. The highest BCUT2D eigenvalue weighted by Gasteiger charge is 2.26. The Labute approximate surface area is 126 Å². The van der Waals surface area contributed by atoms with E-state index in [1.54, 1.807) is 26.4 Å². The molecule has 0 aliphatic carbocycles. The number of hydrogen-bond donors (Lipinski definition) is 1. The van der Waals surface area contributed by atoms with E-state index in [0.29, 0.717) is 17.1 Å². The number of carbonyl (C=O) groups excluding carboxylic acids is 1. The Morgan fingerprint density at radius 1 is 1.24 bits per heavy atom. The molecule has 1 aliphatic rings. The van der Waals surface area contributed by atoms with Crippen molar-refractivity contribution in [2.45, 2.75) is 19.4 Å². The molecule has 0 spiro atoms. The van der Waals surface area contributed by atoms with Gasteiger partial charge in [-0.3, -0.25) is 9.69 Å². The molecule has 0 radical (unpaired) electrons. The zero-order valence-electron chi connectivity index (χ0n) is 13.0. The summed E-state index contributed by atoms with van der Waals surface area (Å²) in [4.78, 5) is 15.0. The van der Waals surface area contributed by atoms with Crippen LogP contribution in [0.25, 0.3) is 0 Å². The highest BCUT2D eigenvalue weighted by molar-refractivity contribution is 6.00. The van der Waals surface area contributed by atoms with Crippen molar-refractivity contribution in [2.24, 2.45) is 0 Å².